The summed E-state index contributed by atoms with van der Waals surface area (Å²) in [6, 6.07) is 14.8. The fraction of sp³-hybridized carbons (Fsp3) is 0.316. The lowest BCUT2D eigenvalue weighted by Gasteiger charge is -2.15. The molecule has 0 aliphatic rings. The predicted octanol–water partition coefficient (Wildman–Crippen LogP) is 2.97. The first kappa shape index (κ1) is 17.7. The standard InChI is InChI=1S/C19H23NO4/c1-14-5-4-6-18(11-14)24-13-19(21)20-15(2)12-23-17-9-7-16(22-3)8-10-17/h4-11,15H,12-13H2,1-3H3,(H,20,21)/t15-/m1/s1. The molecule has 0 aromatic heterocycles. The fourth-order valence-corrected chi connectivity index (χ4v) is 2.11. The van der Waals surface area contributed by atoms with E-state index < -0.39 is 0 Å². The topological polar surface area (TPSA) is 56.8 Å². The minimum absolute atomic E-state index is 0.0175. The summed E-state index contributed by atoms with van der Waals surface area (Å²) in [7, 11) is 1.62. The van der Waals surface area contributed by atoms with E-state index in [0.29, 0.717) is 12.4 Å². The van der Waals surface area contributed by atoms with Crippen molar-refractivity contribution in [3.05, 3.63) is 54.1 Å². The number of nitrogens with one attached hydrogen (secondary N) is 1. The van der Waals surface area contributed by atoms with Crippen molar-refractivity contribution in [2.24, 2.45) is 0 Å². The molecule has 0 aliphatic carbocycles. The summed E-state index contributed by atoms with van der Waals surface area (Å²) in [5.74, 6) is 2.01. The number of hydrogen-bond acceptors (Lipinski definition) is 4. The first-order valence-corrected chi connectivity index (χ1v) is 7.82. The fourth-order valence-electron chi connectivity index (χ4n) is 2.11. The van der Waals surface area contributed by atoms with Crippen LogP contribution in [0.15, 0.2) is 48.5 Å². The number of carbonyl (C=O) groups is 1. The lowest BCUT2D eigenvalue weighted by Crippen LogP contribution is -2.39. The van der Waals surface area contributed by atoms with Crippen molar-refractivity contribution in [1.29, 1.82) is 0 Å². The van der Waals surface area contributed by atoms with Gasteiger partial charge in [0, 0.05) is 0 Å². The molecule has 24 heavy (non-hydrogen) atoms. The van der Waals surface area contributed by atoms with E-state index >= 15 is 0 Å². The second-order valence-corrected chi connectivity index (χ2v) is 5.56. The van der Waals surface area contributed by atoms with Gasteiger partial charge in [0.05, 0.1) is 13.2 Å². The van der Waals surface area contributed by atoms with E-state index in [-0.39, 0.29) is 18.6 Å². The van der Waals surface area contributed by atoms with Gasteiger partial charge in [-0.3, -0.25) is 4.79 Å². The number of carbonyl (C=O) groups excluding carboxylic acids is 1. The molecule has 1 atom stereocenters. The van der Waals surface area contributed by atoms with Crippen molar-refractivity contribution < 1.29 is 19.0 Å². The Morgan fingerprint density at radius 2 is 1.75 bits per heavy atom. The van der Waals surface area contributed by atoms with E-state index in [4.69, 9.17) is 14.2 Å². The highest BCUT2D eigenvalue weighted by Gasteiger charge is 2.09. The van der Waals surface area contributed by atoms with Gasteiger partial charge in [-0.15, -0.1) is 0 Å². The molecule has 0 saturated heterocycles. The number of amides is 1. The summed E-state index contributed by atoms with van der Waals surface area (Å²) in [5.41, 5.74) is 1.09. The van der Waals surface area contributed by atoms with E-state index in [2.05, 4.69) is 5.32 Å². The smallest absolute Gasteiger partial charge is 0.258 e. The lowest BCUT2D eigenvalue weighted by atomic mass is 10.2. The summed E-state index contributed by atoms with van der Waals surface area (Å²) >= 11 is 0. The Kier molecular flexibility index (Phi) is 6.49. The predicted molar refractivity (Wildman–Crippen MR) is 92.8 cm³/mol. The van der Waals surface area contributed by atoms with Crippen LogP contribution in [0.5, 0.6) is 17.2 Å². The average Bonchev–Trinajstić information content (AvgIpc) is 2.59. The normalized spacial score (nSPS) is 11.5. The summed E-state index contributed by atoms with van der Waals surface area (Å²) in [6.07, 6.45) is 0. The highest BCUT2D eigenvalue weighted by atomic mass is 16.5. The van der Waals surface area contributed by atoms with Crippen molar-refractivity contribution >= 4 is 5.91 Å². The van der Waals surface area contributed by atoms with E-state index in [1.165, 1.54) is 0 Å². The number of benzene rings is 2. The third-order valence-electron chi connectivity index (χ3n) is 3.33. The van der Waals surface area contributed by atoms with Gasteiger partial charge in [-0.2, -0.15) is 0 Å². The molecule has 0 aliphatic heterocycles. The molecule has 0 saturated carbocycles. The Balaban J connectivity index is 1.70. The summed E-state index contributed by atoms with van der Waals surface area (Å²) < 4.78 is 16.2. The number of hydrogen-bond donors (Lipinski definition) is 1. The molecule has 2 rings (SSSR count). The Labute approximate surface area is 142 Å². The largest absolute Gasteiger partial charge is 0.497 e. The van der Waals surface area contributed by atoms with Crippen LogP contribution in [0.4, 0.5) is 0 Å². The van der Waals surface area contributed by atoms with Crippen LogP contribution in [0.25, 0.3) is 0 Å². The second-order valence-electron chi connectivity index (χ2n) is 5.56. The van der Waals surface area contributed by atoms with Crippen LogP contribution in [-0.4, -0.2) is 32.3 Å². The van der Waals surface area contributed by atoms with E-state index in [1.54, 1.807) is 7.11 Å². The number of aryl methyl sites for hydroxylation is 1. The Hall–Kier alpha value is -2.69. The van der Waals surface area contributed by atoms with E-state index in [9.17, 15) is 4.79 Å². The number of ether oxygens (including phenoxy) is 3. The molecule has 1 N–H and O–H groups in total. The van der Waals surface area contributed by atoms with Crippen LogP contribution >= 0.6 is 0 Å². The van der Waals surface area contributed by atoms with Crippen LogP contribution in [0.2, 0.25) is 0 Å². The van der Waals surface area contributed by atoms with Crippen LogP contribution in [0.3, 0.4) is 0 Å². The van der Waals surface area contributed by atoms with Gasteiger partial charge < -0.3 is 19.5 Å². The van der Waals surface area contributed by atoms with Crippen molar-refractivity contribution in [1.82, 2.24) is 5.32 Å². The van der Waals surface area contributed by atoms with E-state index in [0.717, 1.165) is 17.1 Å². The minimum atomic E-state index is -0.178. The van der Waals surface area contributed by atoms with Gasteiger partial charge in [0.2, 0.25) is 0 Å². The summed E-state index contributed by atoms with van der Waals surface area (Å²) in [6.45, 7) is 4.22. The van der Waals surface area contributed by atoms with Crippen LogP contribution in [0, 0.1) is 6.92 Å². The maximum Gasteiger partial charge on any atom is 0.258 e. The zero-order valence-corrected chi connectivity index (χ0v) is 14.2. The number of rotatable bonds is 8. The summed E-state index contributed by atoms with van der Waals surface area (Å²) in [5, 5.41) is 2.84. The first-order chi connectivity index (χ1) is 11.6. The van der Waals surface area contributed by atoms with Gasteiger partial charge in [0.15, 0.2) is 6.61 Å². The quantitative estimate of drug-likeness (QED) is 0.809. The molecular formula is C19H23NO4. The minimum Gasteiger partial charge on any atom is -0.497 e. The van der Waals surface area contributed by atoms with Crippen LogP contribution in [-0.2, 0) is 4.79 Å². The van der Waals surface area contributed by atoms with Crippen molar-refractivity contribution in [3.63, 3.8) is 0 Å². The van der Waals surface area contributed by atoms with Gasteiger partial charge in [-0.1, -0.05) is 12.1 Å². The second kappa shape index (κ2) is 8.82. The molecule has 2 aromatic rings. The van der Waals surface area contributed by atoms with E-state index in [1.807, 2.05) is 62.4 Å². The molecule has 0 unspecified atom stereocenters. The maximum absolute atomic E-state index is 11.9. The molecule has 2 aromatic carbocycles. The lowest BCUT2D eigenvalue weighted by molar-refractivity contribution is -0.123. The zero-order chi connectivity index (χ0) is 17.4. The zero-order valence-electron chi connectivity index (χ0n) is 14.2. The van der Waals surface area contributed by atoms with Crippen molar-refractivity contribution in [2.75, 3.05) is 20.3 Å². The Morgan fingerprint density at radius 1 is 1.04 bits per heavy atom. The molecule has 0 fully saturated rings. The third-order valence-corrected chi connectivity index (χ3v) is 3.33. The first-order valence-electron chi connectivity index (χ1n) is 7.82. The summed E-state index contributed by atoms with van der Waals surface area (Å²) in [4.78, 5) is 11.9. The molecule has 0 spiro atoms. The van der Waals surface area contributed by atoms with Gasteiger partial charge in [-0.05, 0) is 55.8 Å². The molecule has 0 bridgehead atoms. The van der Waals surface area contributed by atoms with Crippen molar-refractivity contribution in [3.8, 4) is 17.2 Å². The van der Waals surface area contributed by atoms with Crippen molar-refractivity contribution in [2.45, 2.75) is 19.9 Å². The monoisotopic (exact) mass is 329 g/mol. The SMILES string of the molecule is COc1ccc(OC[C@@H](C)NC(=O)COc2cccc(C)c2)cc1. The molecule has 5 heteroatoms. The molecule has 0 heterocycles. The van der Waals surface area contributed by atoms with Gasteiger partial charge in [0.1, 0.15) is 23.9 Å². The highest BCUT2D eigenvalue weighted by Crippen LogP contribution is 2.17. The Bertz CT molecular complexity index is 655. The Morgan fingerprint density at radius 3 is 2.42 bits per heavy atom. The molecule has 5 nitrogen and oxygen atoms in total. The molecule has 128 valence electrons. The maximum atomic E-state index is 11.9. The molecular weight excluding hydrogens is 306 g/mol. The van der Waals surface area contributed by atoms with Gasteiger partial charge in [0.25, 0.3) is 5.91 Å². The van der Waals surface area contributed by atoms with Gasteiger partial charge in [-0.25, -0.2) is 0 Å². The molecule has 1 amide bonds. The third kappa shape index (κ3) is 5.83. The van der Waals surface area contributed by atoms with Gasteiger partial charge >= 0.3 is 0 Å². The van der Waals surface area contributed by atoms with Crippen LogP contribution < -0.4 is 19.5 Å². The average molecular weight is 329 g/mol. The molecule has 0 radical (unpaired) electrons. The highest BCUT2D eigenvalue weighted by molar-refractivity contribution is 5.77. The number of methoxy groups -OCH3 is 1. The van der Waals surface area contributed by atoms with Crippen LogP contribution in [0.1, 0.15) is 12.5 Å².